The minimum atomic E-state index is -0.310. The van der Waals surface area contributed by atoms with Gasteiger partial charge in [-0.1, -0.05) is 0 Å². The zero-order valence-corrected chi connectivity index (χ0v) is 10.6. The number of carbonyl (C=O) groups is 1. The summed E-state index contributed by atoms with van der Waals surface area (Å²) >= 11 is 1.33. The van der Waals surface area contributed by atoms with Crippen LogP contribution in [0.25, 0.3) is 0 Å². The zero-order valence-electron chi connectivity index (χ0n) is 9.81. The molecule has 0 spiro atoms. The number of ether oxygens (including phenoxy) is 3. The topological polar surface area (TPSA) is 44.8 Å². The molecule has 0 bridgehead atoms. The van der Waals surface area contributed by atoms with Crippen LogP contribution in [0.5, 0.6) is 5.75 Å². The SMILES string of the molecule is COc1ccsc1C(=O)OCCC1CCCO1. The highest BCUT2D eigenvalue weighted by Crippen LogP contribution is 2.25. The second-order valence-corrected chi connectivity index (χ2v) is 4.79. The van der Waals surface area contributed by atoms with Crippen molar-refractivity contribution in [2.24, 2.45) is 0 Å². The molecule has 1 aromatic rings. The van der Waals surface area contributed by atoms with Crippen molar-refractivity contribution in [3.05, 3.63) is 16.3 Å². The van der Waals surface area contributed by atoms with Gasteiger partial charge in [0.2, 0.25) is 0 Å². The van der Waals surface area contributed by atoms with Crippen LogP contribution >= 0.6 is 11.3 Å². The molecular weight excluding hydrogens is 240 g/mol. The number of hydrogen-bond donors (Lipinski definition) is 0. The first-order valence-electron chi connectivity index (χ1n) is 5.71. The molecule has 1 aliphatic heterocycles. The number of thiophene rings is 1. The van der Waals surface area contributed by atoms with Crippen LogP contribution in [0.2, 0.25) is 0 Å². The monoisotopic (exact) mass is 256 g/mol. The molecule has 17 heavy (non-hydrogen) atoms. The Morgan fingerprint density at radius 1 is 1.65 bits per heavy atom. The lowest BCUT2D eigenvalue weighted by atomic mass is 10.2. The molecule has 0 radical (unpaired) electrons. The molecule has 4 nitrogen and oxygen atoms in total. The molecule has 0 aromatic carbocycles. The van der Waals surface area contributed by atoms with Crippen molar-refractivity contribution < 1.29 is 19.0 Å². The number of methoxy groups -OCH3 is 1. The molecule has 0 saturated carbocycles. The van der Waals surface area contributed by atoms with Crippen LogP contribution in [-0.4, -0.2) is 32.4 Å². The Balaban J connectivity index is 1.77. The first-order chi connectivity index (χ1) is 8.31. The van der Waals surface area contributed by atoms with Crippen molar-refractivity contribution in [3.8, 4) is 5.75 Å². The van der Waals surface area contributed by atoms with Crippen LogP contribution in [0.4, 0.5) is 0 Å². The molecule has 0 amide bonds. The Hall–Kier alpha value is -1.07. The molecule has 2 rings (SSSR count). The molecule has 94 valence electrons. The Bertz CT molecular complexity index is 368. The summed E-state index contributed by atoms with van der Waals surface area (Å²) in [5, 5.41) is 1.81. The van der Waals surface area contributed by atoms with Crippen LogP contribution in [0.1, 0.15) is 28.9 Å². The van der Waals surface area contributed by atoms with Crippen LogP contribution < -0.4 is 4.74 Å². The number of hydrogen-bond acceptors (Lipinski definition) is 5. The third-order valence-electron chi connectivity index (χ3n) is 2.73. The average Bonchev–Trinajstić information content (AvgIpc) is 2.99. The molecule has 2 heterocycles. The van der Waals surface area contributed by atoms with Gasteiger partial charge in [-0.25, -0.2) is 4.79 Å². The lowest BCUT2D eigenvalue weighted by molar-refractivity contribution is 0.0388. The van der Waals surface area contributed by atoms with Crippen LogP contribution in [-0.2, 0) is 9.47 Å². The van der Waals surface area contributed by atoms with E-state index in [0.29, 0.717) is 17.2 Å². The minimum absolute atomic E-state index is 0.257. The lowest BCUT2D eigenvalue weighted by Crippen LogP contribution is -2.12. The molecule has 1 atom stereocenters. The van der Waals surface area contributed by atoms with Crippen LogP contribution in [0, 0.1) is 0 Å². The maximum atomic E-state index is 11.7. The summed E-state index contributed by atoms with van der Waals surface area (Å²) in [5.41, 5.74) is 0. The predicted octanol–water partition coefficient (Wildman–Crippen LogP) is 2.48. The fraction of sp³-hybridized carbons (Fsp3) is 0.583. The standard InChI is InChI=1S/C12H16O4S/c1-14-10-5-8-17-11(10)12(13)16-7-4-9-3-2-6-15-9/h5,8-9H,2-4,6-7H2,1H3. The predicted molar refractivity (Wildman–Crippen MR) is 64.7 cm³/mol. The third-order valence-corrected chi connectivity index (χ3v) is 3.61. The van der Waals surface area contributed by atoms with Crippen molar-refractivity contribution in [3.63, 3.8) is 0 Å². The largest absolute Gasteiger partial charge is 0.495 e. The Labute approximate surface area is 104 Å². The summed E-state index contributed by atoms with van der Waals surface area (Å²) < 4.78 is 15.7. The van der Waals surface area contributed by atoms with Gasteiger partial charge in [0.05, 0.1) is 19.8 Å². The molecule has 1 fully saturated rings. The normalized spacial score (nSPS) is 19.2. The molecule has 1 unspecified atom stereocenters. The quantitative estimate of drug-likeness (QED) is 0.759. The van der Waals surface area contributed by atoms with Crippen molar-refractivity contribution in [1.29, 1.82) is 0 Å². The van der Waals surface area contributed by atoms with Crippen LogP contribution in [0.3, 0.4) is 0 Å². The van der Waals surface area contributed by atoms with Gasteiger partial charge in [-0.3, -0.25) is 0 Å². The molecule has 1 aliphatic rings. The van der Waals surface area contributed by atoms with E-state index in [9.17, 15) is 4.79 Å². The summed E-state index contributed by atoms with van der Waals surface area (Å²) in [5.74, 6) is 0.270. The second-order valence-electron chi connectivity index (χ2n) is 3.88. The van der Waals surface area contributed by atoms with E-state index >= 15 is 0 Å². The smallest absolute Gasteiger partial charge is 0.352 e. The van der Waals surface area contributed by atoms with E-state index < -0.39 is 0 Å². The van der Waals surface area contributed by atoms with Crippen molar-refractivity contribution in [1.82, 2.24) is 0 Å². The van der Waals surface area contributed by atoms with Gasteiger partial charge in [0.15, 0.2) is 4.88 Å². The van der Waals surface area contributed by atoms with Gasteiger partial charge in [-0.2, -0.15) is 0 Å². The van der Waals surface area contributed by atoms with Gasteiger partial charge in [0.1, 0.15) is 5.75 Å². The highest BCUT2D eigenvalue weighted by atomic mass is 32.1. The zero-order chi connectivity index (χ0) is 12.1. The van der Waals surface area contributed by atoms with Gasteiger partial charge < -0.3 is 14.2 Å². The van der Waals surface area contributed by atoms with Crippen molar-refractivity contribution in [2.45, 2.75) is 25.4 Å². The molecule has 1 aromatic heterocycles. The first-order valence-corrected chi connectivity index (χ1v) is 6.59. The molecular formula is C12H16O4S. The number of carbonyl (C=O) groups excluding carboxylic acids is 1. The average molecular weight is 256 g/mol. The van der Waals surface area contributed by atoms with Gasteiger partial charge in [0.25, 0.3) is 0 Å². The Morgan fingerprint density at radius 2 is 2.53 bits per heavy atom. The summed E-state index contributed by atoms with van der Waals surface area (Å²) in [4.78, 5) is 12.3. The summed E-state index contributed by atoms with van der Waals surface area (Å²) in [6.07, 6.45) is 3.21. The maximum absolute atomic E-state index is 11.7. The van der Waals surface area contributed by atoms with E-state index in [1.807, 2.05) is 5.38 Å². The number of esters is 1. The fourth-order valence-electron chi connectivity index (χ4n) is 1.83. The van der Waals surface area contributed by atoms with Crippen LogP contribution in [0.15, 0.2) is 11.4 Å². The molecule has 0 N–H and O–H groups in total. The highest BCUT2D eigenvalue weighted by Gasteiger charge is 2.18. The van der Waals surface area contributed by atoms with E-state index in [0.717, 1.165) is 25.9 Å². The number of rotatable bonds is 5. The summed E-state index contributed by atoms with van der Waals surface area (Å²) in [7, 11) is 1.55. The molecule has 0 aliphatic carbocycles. The van der Waals surface area contributed by atoms with E-state index in [-0.39, 0.29) is 12.1 Å². The molecule has 5 heteroatoms. The second kappa shape index (κ2) is 6.02. The van der Waals surface area contributed by atoms with Gasteiger partial charge in [-0.15, -0.1) is 11.3 Å². The van der Waals surface area contributed by atoms with E-state index in [1.165, 1.54) is 11.3 Å². The van der Waals surface area contributed by atoms with Gasteiger partial charge in [-0.05, 0) is 24.3 Å². The first kappa shape index (κ1) is 12.4. The van der Waals surface area contributed by atoms with E-state index in [2.05, 4.69) is 0 Å². The van der Waals surface area contributed by atoms with Gasteiger partial charge in [0, 0.05) is 13.0 Å². The van der Waals surface area contributed by atoms with E-state index in [4.69, 9.17) is 14.2 Å². The highest BCUT2D eigenvalue weighted by molar-refractivity contribution is 7.12. The molecule has 1 saturated heterocycles. The Kier molecular flexibility index (Phi) is 4.39. The van der Waals surface area contributed by atoms with Crippen molar-refractivity contribution in [2.75, 3.05) is 20.3 Å². The third kappa shape index (κ3) is 3.20. The summed E-state index contributed by atoms with van der Waals surface area (Å²) in [6.45, 7) is 1.24. The van der Waals surface area contributed by atoms with Crippen molar-refractivity contribution >= 4 is 17.3 Å². The maximum Gasteiger partial charge on any atom is 0.352 e. The van der Waals surface area contributed by atoms with E-state index in [1.54, 1.807) is 13.2 Å². The summed E-state index contributed by atoms with van der Waals surface area (Å²) in [6, 6.07) is 1.77. The Morgan fingerprint density at radius 3 is 3.24 bits per heavy atom. The van der Waals surface area contributed by atoms with Gasteiger partial charge >= 0.3 is 5.97 Å². The lowest BCUT2D eigenvalue weighted by Gasteiger charge is -2.09. The fourth-order valence-corrected chi connectivity index (χ4v) is 2.58. The minimum Gasteiger partial charge on any atom is -0.495 e.